The summed E-state index contributed by atoms with van der Waals surface area (Å²) in [5.74, 6) is 1.69. The fourth-order valence-corrected chi connectivity index (χ4v) is 2.77. The molecule has 0 saturated carbocycles. The third kappa shape index (κ3) is 4.43. The van der Waals surface area contributed by atoms with Crippen LogP contribution in [0.1, 0.15) is 38.9 Å². The molecule has 2 heterocycles. The number of piperidine rings is 1. The highest BCUT2D eigenvalue weighted by Gasteiger charge is 2.27. The zero-order valence-corrected chi connectivity index (χ0v) is 14.3. The van der Waals surface area contributed by atoms with Gasteiger partial charge in [0, 0.05) is 26.2 Å². The average molecular weight is 307 g/mol. The Kier molecular flexibility index (Phi) is 5.76. The van der Waals surface area contributed by atoms with Crippen LogP contribution in [-0.2, 0) is 13.6 Å². The van der Waals surface area contributed by atoms with E-state index < -0.39 is 0 Å². The highest BCUT2D eigenvalue weighted by Crippen LogP contribution is 2.19. The van der Waals surface area contributed by atoms with E-state index >= 15 is 0 Å². The molecular formula is C15H29N7. The lowest BCUT2D eigenvalue weighted by Crippen LogP contribution is -2.54. The number of hydrogen-bond donors (Lipinski definition) is 2. The summed E-state index contributed by atoms with van der Waals surface area (Å²) in [6.45, 7) is 8.45. The maximum absolute atomic E-state index is 4.28. The maximum Gasteiger partial charge on any atom is 0.191 e. The predicted molar refractivity (Wildman–Crippen MR) is 88.7 cm³/mol. The standard InChI is InChI=1S/C15H29N7/c1-15(2,22-8-6-5-7-9-22)11-18-14(16-3)17-10-13-19-12-20-21(13)4/h12H,5-11H2,1-4H3,(H2,16,17,18). The molecule has 0 radical (unpaired) electrons. The Labute approximate surface area is 133 Å². The van der Waals surface area contributed by atoms with E-state index in [2.05, 4.69) is 44.5 Å². The van der Waals surface area contributed by atoms with Crippen LogP contribution in [0.2, 0.25) is 0 Å². The molecule has 1 aliphatic rings. The summed E-state index contributed by atoms with van der Waals surface area (Å²) in [6, 6.07) is 0. The molecular weight excluding hydrogens is 278 g/mol. The third-order valence-electron chi connectivity index (χ3n) is 4.34. The molecule has 1 saturated heterocycles. The van der Waals surface area contributed by atoms with Gasteiger partial charge in [0.25, 0.3) is 0 Å². The van der Waals surface area contributed by atoms with Gasteiger partial charge in [-0.05, 0) is 39.8 Å². The van der Waals surface area contributed by atoms with E-state index in [4.69, 9.17) is 0 Å². The molecule has 7 nitrogen and oxygen atoms in total. The van der Waals surface area contributed by atoms with E-state index in [9.17, 15) is 0 Å². The summed E-state index contributed by atoms with van der Waals surface area (Å²) in [5, 5.41) is 10.8. The second-order valence-electron chi connectivity index (χ2n) is 6.44. The molecule has 1 aromatic heterocycles. The van der Waals surface area contributed by atoms with Crippen LogP contribution in [0.5, 0.6) is 0 Å². The first-order chi connectivity index (χ1) is 10.5. The summed E-state index contributed by atoms with van der Waals surface area (Å²) in [4.78, 5) is 11.1. The number of aromatic nitrogens is 3. The van der Waals surface area contributed by atoms with Gasteiger partial charge in [0.05, 0.1) is 6.54 Å². The van der Waals surface area contributed by atoms with Gasteiger partial charge in [-0.3, -0.25) is 14.6 Å². The minimum atomic E-state index is 0.128. The van der Waals surface area contributed by atoms with Crippen LogP contribution in [0, 0.1) is 0 Å². The van der Waals surface area contributed by atoms with E-state index in [1.807, 2.05) is 7.05 Å². The highest BCUT2D eigenvalue weighted by molar-refractivity contribution is 5.79. The van der Waals surface area contributed by atoms with Gasteiger partial charge in [0.2, 0.25) is 0 Å². The van der Waals surface area contributed by atoms with Crippen molar-refractivity contribution in [3.8, 4) is 0 Å². The molecule has 0 bridgehead atoms. The van der Waals surface area contributed by atoms with Gasteiger partial charge in [-0.2, -0.15) is 5.10 Å². The summed E-state index contributed by atoms with van der Waals surface area (Å²) in [7, 11) is 3.68. The van der Waals surface area contributed by atoms with Crippen LogP contribution >= 0.6 is 0 Å². The number of nitrogens with one attached hydrogen (secondary N) is 2. The van der Waals surface area contributed by atoms with Crippen molar-refractivity contribution in [1.29, 1.82) is 0 Å². The molecule has 0 aliphatic carbocycles. The lowest BCUT2D eigenvalue weighted by molar-refractivity contribution is 0.0982. The first kappa shape index (κ1) is 16.7. The van der Waals surface area contributed by atoms with E-state index in [0.29, 0.717) is 6.54 Å². The molecule has 124 valence electrons. The molecule has 1 fully saturated rings. The van der Waals surface area contributed by atoms with Gasteiger partial charge in [0.1, 0.15) is 12.2 Å². The molecule has 1 aromatic rings. The Balaban J connectivity index is 1.81. The van der Waals surface area contributed by atoms with Crippen molar-refractivity contribution in [3.05, 3.63) is 12.2 Å². The fourth-order valence-electron chi connectivity index (χ4n) is 2.77. The zero-order chi connectivity index (χ0) is 16.0. The molecule has 0 spiro atoms. The normalized spacial score (nSPS) is 17.5. The zero-order valence-electron chi connectivity index (χ0n) is 14.3. The van der Waals surface area contributed by atoms with E-state index in [1.54, 1.807) is 18.1 Å². The highest BCUT2D eigenvalue weighted by atomic mass is 15.3. The van der Waals surface area contributed by atoms with Crippen molar-refractivity contribution in [1.82, 2.24) is 30.3 Å². The number of guanidine groups is 1. The number of hydrogen-bond acceptors (Lipinski definition) is 4. The van der Waals surface area contributed by atoms with Crippen molar-refractivity contribution in [2.24, 2.45) is 12.0 Å². The number of aliphatic imine (C=N–C) groups is 1. The summed E-state index contributed by atoms with van der Waals surface area (Å²) >= 11 is 0. The fraction of sp³-hybridized carbons (Fsp3) is 0.800. The van der Waals surface area contributed by atoms with Gasteiger partial charge in [-0.15, -0.1) is 0 Å². The van der Waals surface area contributed by atoms with Crippen LogP contribution in [0.3, 0.4) is 0 Å². The SMILES string of the molecule is CN=C(NCc1ncnn1C)NCC(C)(C)N1CCCCC1. The van der Waals surface area contributed by atoms with Crippen LogP contribution in [0.4, 0.5) is 0 Å². The lowest BCUT2D eigenvalue weighted by Gasteiger charge is -2.41. The summed E-state index contributed by atoms with van der Waals surface area (Å²) in [6.07, 6.45) is 5.54. The Morgan fingerprint density at radius 1 is 1.27 bits per heavy atom. The minimum absolute atomic E-state index is 0.128. The topological polar surface area (TPSA) is 70.4 Å². The second-order valence-corrected chi connectivity index (χ2v) is 6.44. The van der Waals surface area contributed by atoms with Gasteiger partial charge in [0.15, 0.2) is 5.96 Å². The maximum atomic E-state index is 4.28. The third-order valence-corrected chi connectivity index (χ3v) is 4.34. The smallest absolute Gasteiger partial charge is 0.191 e. The lowest BCUT2D eigenvalue weighted by atomic mass is 9.98. The molecule has 0 atom stereocenters. The van der Waals surface area contributed by atoms with Gasteiger partial charge in [-0.25, -0.2) is 4.98 Å². The molecule has 0 unspecified atom stereocenters. The van der Waals surface area contributed by atoms with E-state index in [-0.39, 0.29) is 5.54 Å². The summed E-state index contributed by atoms with van der Waals surface area (Å²) in [5.41, 5.74) is 0.128. The molecule has 1 aliphatic heterocycles. The van der Waals surface area contributed by atoms with Gasteiger partial charge in [-0.1, -0.05) is 6.42 Å². The average Bonchev–Trinajstić information content (AvgIpc) is 2.93. The Morgan fingerprint density at radius 2 is 2.00 bits per heavy atom. The van der Waals surface area contributed by atoms with Crippen LogP contribution in [-0.4, -0.2) is 57.8 Å². The molecule has 2 N–H and O–H groups in total. The number of rotatable bonds is 5. The van der Waals surface area contributed by atoms with E-state index in [1.165, 1.54) is 32.4 Å². The second kappa shape index (κ2) is 7.58. The Morgan fingerprint density at radius 3 is 2.59 bits per heavy atom. The summed E-state index contributed by atoms with van der Waals surface area (Å²) < 4.78 is 1.76. The number of nitrogens with zero attached hydrogens (tertiary/aromatic N) is 5. The quantitative estimate of drug-likeness (QED) is 0.620. The van der Waals surface area contributed by atoms with Crippen LogP contribution < -0.4 is 10.6 Å². The molecule has 2 rings (SSSR count). The van der Waals surface area contributed by atoms with Crippen molar-refractivity contribution in [2.75, 3.05) is 26.7 Å². The number of aryl methyl sites for hydroxylation is 1. The monoisotopic (exact) mass is 307 g/mol. The molecule has 22 heavy (non-hydrogen) atoms. The Hall–Kier alpha value is -1.63. The van der Waals surface area contributed by atoms with Crippen molar-refractivity contribution in [3.63, 3.8) is 0 Å². The van der Waals surface area contributed by atoms with Gasteiger partial charge < -0.3 is 10.6 Å². The predicted octanol–water partition coefficient (Wildman–Crippen LogP) is 0.745. The molecule has 7 heteroatoms. The van der Waals surface area contributed by atoms with Crippen molar-refractivity contribution in [2.45, 2.75) is 45.2 Å². The first-order valence-electron chi connectivity index (χ1n) is 8.05. The van der Waals surface area contributed by atoms with E-state index in [0.717, 1.165) is 18.3 Å². The molecule has 0 aromatic carbocycles. The first-order valence-corrected chi connectivity index (χ1v) is 8.05. The molecule has 0 amide bonds. The minimum Gasteiger partial charge on any atom is -0.355 e. The van der Waals surface area contributed by atoms with Crippen LogP contribution in [0.25, 0.3) is 0 Å². The van der Waals surface area contributed by atoms with Crippen molar-refractivity contribution < 1.29 is 0 Å². The Bertz CT molecular complexity index is 486. The number of likely N-dealkylation sites (tertiary alicyclic amines) is 1. The van der Waals surface area contributed by atoms with Gasteiger partial charge >= 0.3 is 0 Å². The van der Waals surface area contributed by atoms with Crippen LogP contribution in [0.15, 0.2) is 11.3 Å². The largest absolute Gasteiger partial charge is 0.355 e. The van der Waals surface area contributed by atoms with Crippen molar-refractivity contribution >= 4 is 5.96 Å².